The highest BCUT2D eigenvalue weighted by Gasteiger charge is 2.43. The molecule has 1 fully saturated rings. The second-order valence-corrected chi connectivity index (χ2v) is 6.73. The van der Waals surface area contributed by atoms with E-state index in [4.69, 9.17) is 22.1 Å². The zero-order chi connectivity index (χ0) is 18.7. The zero-order valence-electron chi connectivity index (χ0n) is 14.0. The Labute approximate surface area is 156 Å². The molecule has 0 aromatic heterocycles. The summed E-state index contributed by atoms with van der Waals surface area (Å²) in [5.41, 5.74) is 4.89. The van der Waals surface area contributed by atoms with Crippen molar-refractivity contribution in [1.82, 2.24) is 4.90 Å². The highest BCUT2D eigenvalue weighted by atomic mass is 35.5. The zero-order valence-corrected chi connectivity index (χ0v) is 14.8. The van der Waals surface area contributed by atoms with Crippen LogP contribution in [0.2, 0.25) is 5.02 Å². The number of benzene rings is 2. The largest absolute Gasteiger partial charge is 0.481 e. The van der Waals surface area contributed by atoms with Crippen LogP contribution in [0.5, 0.6) is 11.5 Å². The summed E-state index contributed by atoms with van der Waals surface area (Å²) in [5, 5.41) is 10.5. The lowest BCUT2D eigenvalue weighted by molar-refractivity contribution is -0.145. The maximum Gasteiger partial charge on any atom is 0.314 e. The Balaban J connectivity index is 1.86. The predicted octanol–water partition coefficient (Wildman–Crippen LogP) is 3.63. The van der Waals surface area contributed by atoms with E-state index in [-0.39, 0.29) is 0 Å². The first kappa shape index (κ1) is 18.1. The van der Waals surface area contributed by atoms with E-state index in [0.29, 0.717) is 48.0 Å². The van der Waals surface area contributed by atoms with Gasteiger partial charge in [-0.1, -0.05) is 23.7 Å². The van der Waals surface area contributed by atoms with Crippen molar-refractivity contribution in [1.29, 1.82) is 0 Å². The van der Waals surface area contributed by atoms with Crippen molar-refractivity contribution in [2.24, 2.45) is 5.73 Å². The van der Waals surface area contributed by atoms with Crippen molar-refractivity contribution in [3.8, 4) is 11.5 Å². The summed E-state index contributed by atoms with van der Waals surface area (Å²) in [5.74, 6) is 0.243. The Morgan fingerprint density at radius 3 is 2.31 bits per heavy atom. The van der Waals surface area contributed by atoms with Crippen LogP contribution in [0.4, 0.5) is 4.79 Å². The smallest absolute Gasteiger partial charge is 0.314 e. The number of halogens is 1. The number of hydrogen-bond donors (Lipinski definition) is 2. The number of carbonyl (C=O) groups excluding carboxylic acids is 1. The number of likely N-dealkylation sites (tertiary alicyclic amines) is 1. The van der Waals surface area contributed by atoms with Crippen molar-refractivity contribution < 1.29 is 19.4 Å². The number of nitrogens with zero attached hydrogens (tertiary/aromatic N) is 1. The molecule has 136 valence electrons. The van der Waals surface area contributed by atoms with Crippen LogP contribution in [0, 0.1) is 0 Å². The number of carboxylic acid groups (broad SMARTS) is 1. The van der Waals surface area contributed by atoms with E-state index in [9.17, 15) is 14.7 Å². The maximum absolute atomic E-state index is 12.1. The van der Waals surface area contributed by atoms with E-state index in [1.807, 2.05) is 0 Å². The Hall–Kier alpha value is -2.73. The minimum absolute atomic E-state index is 0.301. The number of carbonyl (C=O) groups is 2. The Kier molecular flexibility index (Phi) is 5.04. The highest BCUT2D eigenvalue weighted by Crippen LogP contribution is 2.38. The number of piperidine rings is 1. The molecule has 2 aromatic carbocycles. The molecular formula is C19H19ClN2O4. The van der Waals surface area contributed by atoms with Crippen LogP contribution in [0.1, 0.15) is 18.4 Å². The quantitative estimate of drug-likeness (QED) is 0.854. The van der Waals surface area contributed by atoms with E-state index in [2.05, 4.69) is 0 Å². The van der Waals surface area contributed by atoms with Gasteiger partial charge in [0.2, 0.25) is 0 Å². The average molecular weight is 375 g/mol. The molecule has 6 nitrogen and oxygen atoms in total. The molecule has 2 amide bonds. The van der Waals surface area contributed by atoms with Gasteiger partial charge in [-0.2, -0.15) is 0 Å². The van der Waals surface area contributed by atoms with Gasteiger partial charge in [-0.05, 0) is 54.8 Å². The molecule has 0 saturated carbocycles. The third kappa shape index (κ3) is 3.60. The maximum atomic E-state index is 12.1. The van der Waals surface area contributed by atoms with Crippen molar-refractivity contribution in [3.63, 3.8) is 0 Å². The van der Waals surface area contributed by atoms with Gasteiger partial charge >= 0.3 is 12.0 Å². The SMILES string of the molecule is NC(=O)N1CCC(C(=O)O)(c2cccc(Oc3ccc(Cl)cc3)c2)CC1. The van der Waals surface area contributed by atoms with Gasteiger partial charge in [0.15, 0.2) is 0 Å². The van der Waals surface area contributed by atoms with Crippen LogP contribution in [-0.2, 0) is 10.2 Å². The molecule has 1 heterocycles. The molecule has 1 aliphatic rings. The standard InChI is InChI=1S/C19H19ClN2O4/c20-14-4-6-15(7-5-14)26-16-3-1-2-13(12-16)19(17(23)24)8-10-22(11-9-19)18(21)25/h1-7,12H,8-11H2,(H2,21,25)(H,23,24). The van der Waals surface area contributed by atoms with Gasteiger partial charge in [0, 0.05) is 18.1 Å². The summed E-state index contributed by atoms with van der Waals surface area (Å²) in [6.45, 7) is 0.619. The van der Waals surface area contributed by atoms with Gasteiger partial charge < -0.3 is 20.5 Å². The number of urea groups is 1. The number of amides is 2. The molecule has 7 heteroatoms. The number of primary amides is 1. The number of ether oxygens (including phenoxy) is 1. The van der Waals surface area contributed by atoms with E-state index in [1.165, 1.54) is 4.90 Å². The third-order valence-electron chi connectivity index (χ3n) is 4.77. The van der Waals surface area contributed by atoms with Crippen LogP contribution in [0.25, 0.3) is 0 Å². The molecule has 3 N–H and O–H groups in total. The molecule has 2 aromatic rings. The molecule has 0 atom stereocenters. The van der Waals surface area contributed by atoms with E-state index >= 15 is 0 Å². The summed E-state index contributed by atoms with van der Waals surface area (Å²) in [4.78, 5) is 24.9. The topological polar surface area (TPSA) is 92.9 Å². The van der Waals surface area contributed by atoms with Gasteiger partial charge in [0.25, 0.3) is 0 Å². The van der Waals surface area contributed by atoms with E-state index < -0.39 is 17.4 Å². The minimum Gasteiger partial charge on any atom is -0.481 e. The molecule has 0 bridgehead atoms. The minimum atomic E-state index is -1.06. The number of aliphatic carboxylic acids is 1. The van der Waals surface area contributed by atoms with Crippen LogP contribution in [0.3, 0.4) is 0 Å². The van der Waals surface area contributed by atoms with Crippen molar-refractivity contribution in [2.45, 2.75) is 18.3 Å². The molecule has 1 saturated heterocycles. The average Bonchev–Trinajstić information content (AvgIpc) is 2.63. The van der Waals surface area contributed by atoms with Crippen LogP contribution < -0.4 is 10.5 Å². The number of hydrogen-bond acceptors (Lipinski definition) is 3. The van der Waals surface area contributed by atoms with E-state index in [1.54, 1.807) is 48.5 Å². The summed E-state index contributed by atoms with van der Waals surface area (Å²) in [6, 6.07) is 13.5. The third-order valence-corrected chi connectivity index (χ3v) is 5.03. The fourth-order valence-electron chi connectivity index (χ4n) is 3.23. The van der Waals surface area contributed by atoms with Gasteiger partial charge in [0.1, 0.15) is 11.5 Å². The molecule has 0 spiro atoms. The first-order chi connectivity index (χ1) is 12.4. The number of rotatable bonds is 4. The predicted molar refractivity (Wildman–Crippen MR) is 97.7 cm³/mol. The van der Waals surface area contributed by atoms with Crippen molar-refractivity contribution in [2.75, 3.05) is 13.1 Å². The summed E-state index contributed by atoms with van der Waals surface area (Å²) < 4.78 is 5.81. The van der Waals surface area contributed by atoms with Crippen molar-refractivity contribution >= 4 is 23.6 Å². The van der Waals surface area contributed by atoms with Gasteiger partial charge in [-0.3, -0.25) is 4.79 Å². The number of carboxylic acids is 1. The normalized spacial score (nSPS) is 16.1. The molecule has 1 aliphatic heterocycles. The molecular weight excluding hydrogens is 356 g/mol. The van der Waals surface area contributed by atoms with Crippen molar-refractivity contribution in [3.05, 3.63) is 59.1 Å². The molecule has 0 aliphatic carbocycles. The molecule has 0 unspecified atom stereocenters. The number of nitrogens with two attached hydrogens (primary N) is 1. The van der Waals surface area contributed by atoms with Crippen LogP contribution >= 0.6 is 11.6 Å². The molecule has 26 heavy (non-hydrogen) atoms. The highest BCUT2D eigenvalue weighted by molar-refractivity contribution is 6.30. The van der Waals surface area contributed by atoms with E-state index in [0.717, 1.165) is 0 Å². The molecule has 0 radical (unpaired) electrons. The molecule has 3 rings (SSSR count). The lowest BCUT2D eigenvalue weighted by Gasteiger charge is -2.38. The lowest BCUT2D eigenvalue weighted by Crippen LogP contribution is -2.50. The summed E-state index contributed by atoms with van der Waals surface area (Å²) >= 11 is 5.87. The lowest BCUT2D eigenvalue weighted by atomic mass is 9.73. The Morgan fingerprint density at radius 2 is 1.73 bits per heavy atom. The monoisotopic (exact) mass is 374 g/mol. The summed E-state index contributed by atoms with van der Waals surface area (Å²) in [7, 11) is 0. The second-order valence-electron chi connectivity index (χ2n) is 6.30. The summed E-state index contributed by atoms with van der Waals surface area (Å²) in [6.07, 6.45) is 0.603. The van der Waals surface area contributed by atoms with Crippen LogP contribution in [-0.4, -0.2) is 35.1 Å². The Bertz CT molecular complexity index is 815. The second kappa shape index (κ2) is 7.25. The fourth-order valence-corrected chi connectivity index (χ4v) is 3.36. The fraction of sp³-hybridized carbons (Fsp3) is 0.263. The Morgan fingerprint density at radius 1 is 1.08 bits per heavy atom. The first-order valence-electron chi connectivity index (χ1n) is 8.22. The van der Waals surface area contributed by atoms with Gasteiger partial charge in [-0.15, -0.1) is 0 Å². The van der Waals surface area contributed by atoms with Gasteiger partial charge in [0.05, 0.1) is 5.41 Å². The first-order valence-corrected chi connectivity index (χ1v) is 8.60. The van der Waals surface area contributed by atoms with Gasteiger partial charge in [-0.25, -0.2) is 4.79 Å². The van der Waals surface area contributed by atoms with Crippen LogP contribution in [0.15, 0.2) is 48.5 Å².